The fourth-order valence-electron chi connectivity index (χ4n) is 1.99. The molecule has 1 aliphatic carbocycles. The maximum atomic E-state index is 9.14. The molecule has 0 aromatic heterocycles. The summed E-state index contributed by atoms with van der Waals surface area (Å²) in [5.74, 6) is 0.321. The molecular formula is C9H18O2. The minimum absolute atomic E-state index is 0.00694. The van der Waals surface area contributed by atoms with Crippen LogP contribution in [0.2, 0.25) is 0 Å². The summed E-state index contributed by atoms with van der Waals surface area (Å²) in [6.45, 7) is 2.53. The summed E-state index contributed by atoms with van der Waals surface area (Å²) in [7, 11) is 0. The molecule has 0 aromatic carbocycles. The van der Waals surface area contributed by atoms with Gasteiger partial charge in [0.25, 0.3) is 0 Å². The van der Waals surface area contributed by atoms with E-state index >= 15 is 0 Å². The quantitative estimate of drug-likeness (QED) is 0.633. The van der Waals surface area contributed by atoms with Crippen molar-refractivity contribution >= 4 is 0 Å². The highest BCUT2D eigenvalue weighted by Gasteiger charge is 2.35. The molecule has 66 valence electrons. The summed E-state index contributed by atoms with van der Waals surface area (Å²) in [5, 5.41) is 18.2. The molecule has 2 heteroatoms. The van der Waals surface area contributed by atoms with E-state index in [-0.39, 0.29) is 18.6 Å². The van der Waals surface area contributed by atoms with Gasteiger partial charge in [-0.2, -0.15) is 0 Å². The van der Waals surface area contributed by atoms with Crippen LogP contribution in [0.5, 0.6) is 0 Å². The Labute approximate surface area is 68.2 Å². The highest BCUT2D eigenvalue weighted by atomic mass is 16.3. The van der Waals surface area contributed by atoms with Crippen LogP contribution in [0.1, 0.15) is 32.6 Å². The Morgan fingerprint density at radius 2 is 2.09 bits per heavy atom. The zero-order valence-corrected chi connectivity index (χ0v) is 7.21. The van der Waals surface area contributed by atoms with Gasteiger partial charge in [0.15, 0.2) is 0 Å². The second-order valence-electron chi connectivity index (χ2n) is 3.94. The lowest BCUT2D eigenvalue weighted by molar-refractivity contribution is 0.00901. The third kappa shape index (κ3) is 1.74. The first-order chi connectivity index (χ1) is 5.23. The van der Waals surface area contributed by atoms with Gasteiger partial charge in [-0.25, -0.2) is 0 Å². The third-order valence-corrected chi connectivity index (χ3v) is 3.12. The van der Waals surface area contributed by atoms with Gasteiger partial charge >= 0.3 is 0 Å². The maximum absolute atomic E-state index is 9.14. The molecule has 0 unspecified atom stereocenters. The van der Waals surface area contributed by atoms with Crippen molar-refractivity contribution in [1.29, 1.82) is 0 Å². The van der Waals surface area contributed by atoms with Crippen LogP contribution in [-0.2, 0) is 0 Å². The Hall–Kier alpha value is -0.0800. The minimum atomic E-state index is -0.00694. The molecule has 0 bridgehead atoms. The van der Waals surface area contributed by atoms with Gasteiger partial charge in [0, 0.05) is 13.2 Å². The predicted octanol–water partition coefficient (Wildman–Crippen LogP) is 1.17. The highest BCUT2D eigenvalue weighted by molar-refractivity contribution is 4.85. The number of aliphatic hydroxyl groups excluding tert-OH is 2. The molecule has 0 radical (unpaired) electrons. The summed E-state index contributed by atoms with van der Waals surface area (Å²) in [6, 6.07) is 0. The Kier molecular flexibility index (Phi) is 2.90. The maximum Gasteiger partial charge on any atom is 0.0488 e. The molecule has 2 N–H and O–H groups in total. The van der Waals surface area contributed by atoms with Crippen LogP contribution in [0.15, 0.2) is 0 Å². The molecule has 0 aromatic rings. The van der Waals surface area contributed by atoms with Crippen molar-refractivity contribution in [2.24, 2.45) is 11.3 Å². The summed E-state index contributed by atoms with van der Waals surface area (Å²) in [5.41, 5.74) is -0.00694. The lowest BCUT2D eigenvalue weighted by Gasteiger charge is -2.39. The van der Waals surface area contributed by atoms with E-state index in [1.54, 1.807) is 0 Å². The SMILES string of the molecule is C[C@@]1(CO)CCCC[C@H]1CO. The number of aliphatic hydroxyl groups is 2. The monoisotopic (exact) mass is 158 g/mol. The highest BCUT2D eigenvalue weighted by Crippen LogP contribution is 2.39. The van der Waals surface area contributed by atoms with Gasteiger partial charge in [-0.05, 0) is 24.2 Å². The van der Waals surface area contributed by atoms with Gasteiger partial charge in [0.05, 0.1) is 0 Å². The second kappa shape index (κ2) is 3.55. The van der Waals surface area contributed by atoms with Crippen molar-refractivity contribution in [2.75, 3.05) is 13.2 Å². The first-order valence-corrected chi connectivity index (χ1v) is 4.44. The van der Waals surface area contributed by atoms with E-state index in [0.717, 1.165) is 12.8 Å². The second-order valence-corrected chi connectivity index (χ2v) is 3.94. The van der Waals surface area contributed by atoms with Crippen LogP contribution in [0.4, 0.5) is 0 Å². The predicted molar refractivity (Wildman–Crippen MR) is 44.2 cm³/mol. The van der Waals surface area contributed by atoms with E-state index in [4.69, 9.17) is 10.2 Å². The first kappa shape index (κ1) is 9.01. The topological polar surface area (TPSA) is 40.5 Å². The first-order valence-electron chi connectivity index (χ1n) is 4.44. The van der Waals surface area contributed by atoms with E-state index in [0.29, 0.717) is 5.92 Å². The van der Waals surface area contributed by atoms with Gasteiger partial charge in [-0.15, -0.1) is 0 Å². The molecule has 1 aliphatic rings. The van der Waals surface area contributed by atoms with Crippen LogP contribution in [-0.4, -0.2) is 23.4 Å². The molecule has 0 saturated heterocycles. The lowest BCUT2D eigenvalue weighted by atomic mass is 9.68. The van der Waals surface area contributed by atoms with E-state index in [1.807, 2.05) is 0 Å². The minimum Gasteiger partial charge on any atom is -0.396 e. The number of hydrogen-bond acceptors (Lipinski definition) is 2. The molecule has 1 rings (SSSR count). The summed E-state index contributed by atoms with van der Waals surface area (Å²) in [4.78, 5) is 0. The van der Waals surface area contributed by atoms with E-state index < -0.39 is 0 Å². The van der Waals surface area contributed by atoms with Crippen LogP contribution in [0.3, 0.4) is 0 Å². The normalized spacial score (nSPS) is 39.0. The average molecular weight is 158 g/mol. The van der Waals surface area contributed by atoms with Crippen LogP contribution in [0.25, 0.3) is 0 Å². The van der Waals surface area contributed by atoms with Gasteiger partial charge in [0.2, 0.25) is 0 Å². The fourth-order valence-corrected chi connectivity index (χ4v) is 1.99. The van der Waals surface area contributed by atoms with Gasteiger partial charge < -0.3 is 10.2 Å². The molecule has 0 aliphatic heterocycles. The molecule has 0 spiro atoms. The van der Waals surface area contributed by atoms with Crippen LogP contribution < -0.4 is 0 Å². The van der Waals surface area contributed by atoms with Gasteiger partial charge in [0.1, 0.15) is 0 Å². The van der Waals surface area contributed by atoms with Crippen LogP contribution in [0, 0.1) is 11.3 Å². The Bertz CT molecular complexity index is 125. The molecule has 11 heavy (non-hydrogen) atoms. The number of rotatable bonds is 2. The standard InChI is InChI=1S/C9H18O2/c1-9(7-11)5-3-2-4-8(9)6-10/h8,10-11H,2-7H2,1H3/t8-,9-/m0/s1. The molecule has 1 fully saturated rings. The summed E-state index contributed by atoms with van der Waals surface area (Å²) < 4.78 is 0. The van der Waals surface area contributed by atoms with Crippen molar-refractivity contribution in [3.63, 3.8) is 0 Å². The molecule has 0 amide bonds. The molecule has 2 nitrogen and oxygen atoms in total. The van der Waals surface area contributed by atoms with E-state index in [9.17, 15) is 0 Å². The van der Waals surface area contributed by atoms with Crippen molar-refractivity contribution in [3.8, 4) is 0 Å². The molecular weight excluding hydrogens is 140 g/mol. The Morgan fingerprint density at radius 1 is 1.36 bits per heavy atom. The van der Waals surface area contributed by atoms with E-state index in [2.05, 4.69) is 6.92 Å². The fraction of sp³-hybridized carbons (Fsp3) is 1.00. The summed E-state index contributed by atoms with van der Waals surface area (Å²) >= 11 is 0. The Morgan fingerprint density at radius 3 is 2.55 bits per heavy atom. The zero-order chi connectivity index (χ0) is 8.32. The Balaban J connectivity index is 2.57. The summed E-state index contributed by atoms with van der Waals surface area (Å²) in [6.07, 6.45) is 4.55. The molecule has 2 atom stereocenters. The van der Waals surface area contributed by atoms with Crippen molar-refractivity contribution in [1.82, 2.24) is 0 Å². The smallest absolute Gasteiger partial charge is 0.0488 e. The average Bonchev–Trinajstić information content (AvgIpc) is 2.05. The van der Waals surface area contributed by atoms with Gasteiger partial charge in [-0.3, -0.25) is 0 Å². The largest absolute Gasteiger partial charge is 0.396 e. The molecule has 1 saturated carbocycles. The zero-order valence-electron chi connectivity index (χ0n) is 7.21. The third-order valence-electron chi connectivity index (χ3n) is 3.12. The lowest BCUT2D eigenvalue weighted by Crippen LogP contribution is -2.36. The van der Waals surface area contributed by atoms with E-state index in [1.165, 1.54) is 12.8 Å². The van der Waals surface area contributed by atoms with Crippen molar-refractivity contribution in [2.45, 2.75) is 32.6 Å². The molecule has 0 heterocycles. The van der Waals surface area contributed by atoms with Gasteiger partial charge in [-0.1, -0.05) is 19.8 Å². The van der Waals surface area contributed by atoms with Crippen LogP contribution >= 0.6 is 0 Å². The number of hydrogen-bond donors (Lipinski definition) is 2. The van der Waals surface area contributed by atoms with Crippen molar-refractivity contribution < 1.29 is 10.2 Å². The van der Waals surface area contributed by atoms with Crippen molar-refractivity contribution in [3.05, 3.63) is 0 Å².